The third-order valence-electron chi connectivity index (χ3n) is 2.92. The van der Waals surface area contributed by atoms with E-state index in [0.29, 0.717) is 6.04 Å². The van der Waals surface area contributed by atoms with E-state index in [9.17, 15) is 0 Å². The van der Waals surface area contributed by atoms with Crippen molar-refractivity contribution in [2.45, 2.75) is 24.6 Å². The topological polar surface area (TPSA) is 38.1 Å². The number of aromatic nitrogens is 1. The zero-order valence-corrected chi connectivity index (χ0v) is 11.5. The highest BCUT2D eigenvalue weighted by atomic mass is 32.2. The quantitative estimate of drug-likeness (QED) is 0.811. The van der Waals surface area contributed by atoms with Gasteiger partial charge in [0.05, 0.1) is 6.20 Å². The van der Waals surface area contributed by atoms with Crippen molar-refractivity contribution in [2.75, 3.05) is 12.8 Å². The number of hydrogen-bond donors (Lipinski definition) is 1. The van der Waals surface area contributed by atoms with Crippen LogP contribution in [0.3, 0.4) is 0 Å². The average Bonchev–Trinajstić information content (AvgIpc) is 2.93. The van der Waals surface area contributed by atoms with Gasteiger partial charge in [-0.3, -0.25) is 0 Å². The van der Waals surface area contributed by atoms with Gasteiger partial charge in [0.15, 0.2) is 0 Å². The first-order valence-corrected chi connectivity index (χ1v) is 7.10. The lowest BCUT2D eigenvalue weighted by atomic mass is 10.1. The molecule has 0 saturated heterocycles. The molecular formula is C14H18N2OS. The maximum Gasteiger partial charge on any atom is 0.255 e. The molecule has 0 amide bonds. The zero-order chi connectivity index (χ0) is 12.8. The highest BCUT2D eigenvalue weighted by molar-refractivity contribution is 7.99. The van der Waals surface area contributed by atoms with Crippen LogP contribution in [-0.2, 0) is 6.42 Å². The minimum atomic E-state index is 0.313. The van der Waals surface area contributed by atoms with Crippen molar-refractivity contribution in [1.29, 1.82) is 0 Å². The fraction of sp³-hybridized carbons (Fsp3) is 0.357. The number of rotatable bonds is 6. The van der Waals surface area contributed by atoms with Gasteiger partial charge >= 0.3 is 0 Å². The Hall–Kier alpha value is -1.26. The monoisotopic (exact) mass is 262 g/mol. The Labute approximate surface area is 112 Å². The Bertz CT molecular complexity index is 453. The number of thioether (sulfide) groups is 1. The van der Waals surface area contributed by atoms with Crippen LogP contribution in [0.25, 0.3) is 0 Å². The Kier molecular flexibility index (Phi) is 4.84. The summed E-state index contributed by atoms with van der Waals surface area (Å²) in [4.78, 5) is 4.11. The van der Waals surface area contributed by atoms with Gasteiger partial charge in [0.2, 0.25) is 0 Å². The normalized spacial score (nSPS) is 12.6. The molecule has 0 fully saturated rings. The van der Waals surface area contributed by atoms with E-state index >= 15 is 0 Å². The molecule has 0 radical (unpaired) electrons. The second kappa shape index (κ2) is 6.61. The molecule has 0 spiro atoms. The second-order valence-electron chi connectivity index (χ2n) is 4.05. The highest BCUT2D eigenvalue weighted by Crippen LogP contribution is 2.23. The smallest absolute Gasteiger partial charge is 0.255 e. The molecular weight excluding hydrogens is 244 g/mol. The number of benzene rings is 1. The molecule has 2 aromatic rings. The van der Waals surface area contributed by atoms with Crippen molar-refractivity contribution < 1.29 is 4.42 Å². The van der Waals surface area contributed by atoms with E-state index in [-0.39, 0.29) is 0 Å². The molecule has 0 aliphatic heterocycles. The number of nitrogens with one attached hydrogen (secondary N) is 1. The van der Waals surface area contributed by atoms with Gasteiger partial charge in [0.1, 0.15) is 6.26 Å². The molecule has 1 unspecified atom stereocenters. The van der Waals surface area contributed by atoms with E-state index < -0.39 is 0 Å². The van der Waals surface area contributed by atoms with Gasteiger partial charge in [-0.15, -0.1) is 0 Å². The van der Waals surface area contributed by atoms with Crippen molar-refractivity contribution in [3.05, 3.63) is 47.9 Å². The van der Waals surface area contributed by atoms with Gasteiger partial charge in [-0.05, 0) is 24.6 Å². The van der Waals surface area contributed by atoms with E-state index in [1.807, 2.05) is 7.05 Å². The lowest BCUT2D eigenvalue weighted by molar-refractivity contribution is 0.453. The van der Waals surface area contributed by atoms with Gasteiger partial charge in [-0.25, -0.2) is 4.98 Å². The summed E-state index contributed by atoms with van der Waals surface area (Å²) in [6, 6.07) is 9.07. The SMILES string of the molecule is CCc1ccc(C(CSc2ncco2)NC)cc1. The van der Waals surface area contributed by atoms with Crippen molar-refractivity contribution in [1.82, 2.24) is 10.3 Å². The average molecular weight is 262 g/mol. The van der Waals surface area contributed by atoms with Crippen molar-refractivity contribution in [3.63, 3.8) is 0 Å². The molecule has 96 valence electrons. The van der Waals surface area contributed by atoms with E-state index in [1.54, 1.807) is 24.2 Å². The summed E-state index contributed by atoms with van der Waals surface area (Å²) in [7, 11) is 1.98. The first kappa shape index (κ1) is 13.2. The third kappa shape index (κ3) is 3.37. The molecule has 1 heterocycles. The van der Waals surface area contributed by atoms with E-state index in [1.165, 1.54) is 11.1 Å². The molecule has 1 aromatic carbocycles. The predicted octanol–water partition coefficient (Wildman–Crippen LogP) is 3.29. The Balaban J connectivity index is 1.98. The molecule has 4 heteroatoms. The molecule has 1 aromatic heterocycles. The van der Waals surface area contributed by atoms with Crippen molar-refractivity contribution >= 4 is 11.8 Å². The van der Waals surface area contributed by atoms with Crippen LogP contribution >= 0.6 is 11.8 Å². The molecule has 1 N–H and O–H groups in total. The van der Waals surface area contributed by atoms with E-state index in [2.05, 4.69) is 41.5 Å². The molecule has 3 nitrogen and oxygen atoms in total. The van der Waals surface area contributed by atoms with Gasteiger partial charge in [0.25, 0.3) is 5.22 Å². The Morgan fingerprint density at radius 3 is 2.67 bits per heavy atom. The van der Waals surface area contributed by atoms with E-state index in [0.717, 1.165) is 17.4 Å². The summed E-state index contributed by atoms with van der Waals surface area (Å²) in [5.74, 6) is 0.905. The molecule has 2 rings (SSSR count). The largest absolute Gasteiger partial charge is 0.440 e. The molecule has 18 heavy (non-hydrogen) atoms. The van der Waals surface area contributed by atoms with E-state index in [4.69, 9.17) is 4.42 Å². The van der Waals surface area contributed by atoms with Crippen LogP contribution in [0.4, 0.5) is 0 Å². The summed E-state index contributed by atoms with van der Waals surface area (Å²) >= 11 is 1.62. The number of hydrogen-bond acceptors (Lipinski definition) is 4. The summed E-state index contributed by atoms with van der Waals surface area (Å²) in [5, 5.41) is 4.05. The van der Waals surface area contributed by atoms with Crippen LogP contribution in [0.1, 0.15) is 24.1 Å². The zero-order valence-electron chi connectivity index (χ0n) is 10.7. The molecule has 0 bridgehead atoms. The standard InChI is InChI=1S/C14H18N2OS/c1-3-11-4-6-12(7-5-11)13(15-2)10-18-14-16-8-9-17-14/h4-9,13,15H,3,10H2,1-2H3. The third-order valence-corrected chi connectivity index (χ3v) is 3.87. The first-order valence-electron chi connectivity index (χ1n) is 6.12. The summed E-state index contributed by atoms with van der Waals surface area (Å²) < 4.78 is 5.22. The van der Waals surface area contributed by atoms with Crippen molar-refractivity contribution in [3.8, 4) is 0 Å². The van der Waals surface area contributed by atoms with Crippen LogP contribution in [-0.4, -0.2) is 17.8 Å². The van der Waals surface area contributed by atoms with Crippen LogP contribution in [0.5, 0.6) is 0 Å². The maximum atomic E-state index is 5.22. The molecule has 0 aliphatic rings. The van der Waals surface area contributed by atoms with Gasteiger partial charge in [-0.1, -0.05) is 43.0 Å². The fourth-order valence-corrected chi connectivity index (χ4v) is 2.70. The minimum Gasteiger partial charge on any atom is -0.440 e. The van der Waals surface area contributed by atoms with Gasteiger partial charge in [-0.2, -0.15) is 0 Å². The Morgan fingerprint density at radius 2 is 2.11 bits per heavy atom. The second-order valence-corrected chi connectivity index (χ2v) is 5.02. The number of nitrogens with zero attached hydrogens (tertiary/aromatic N) is 1. The van der Waals surface area contributed by atoms with Crippen LogP contribution < -0.4 is 5.32 Å². The lowest BCUT2D eigenvalue weighted by Gasteiger charge is -2.15. The van der Waals surface area contributed by atoms with Crippen molar-refractivity contribution in [2.24, 2.45) is 0 Å². The number of aryl methyl sites for hydroxylation is 1. The van der Waals surface area contributed by atoms with Crippen LogP contribution in [0, 0.1) is 0 Å². The Morgan fingerprint density at radius 1 is 1.33 bits per heavy atom. The molecule has 1 atom stereocenters. The van der Waals surface area contributed by atoms with Gasteiger partial charge < -0.3 is 9.73 Å². The minimum absolute atomic E-state index is 0.313. The van der Waals surface area contributed by atoms with Crippen LogP contribution in [0.2, 0.25) is 0 Å². The fourth-order valence-electron chi connectivity index (χ4n) is 1.77. The first-order chi connectivity index (χ1) is 8.83. The summed E-state index contributed by atoms with van der Waals surface area (Å²) in [5.41, 5.74) is 2.67. The molecule has 0 aliphatic carbocycles. The molecule has 0 saturated carbocycles. The summed E-state index contributed by atoms with van der Waals surface area (Å²) in [6.07, 6.45) is 4.36. The maximum absolute atomic E-state index is 5.22. The number of oxazole rings is 1. The highest BCUT2D eigenvalue weighted by Gasteiger charge is 2.11. The predicted molar refractivity (Wildman–Crippen MR) is 74.8 cm³/mol. The lowest BCUT2D eigenvalue weighted by Crippen LogP contribution is -2.18. The van der Waals surface area contributed by atoms with Gasteiger partial charge in [0, 0.05) is 11.8 Å². The van der Waals surface area contributed by atoms with Crippen LogP contribution in [0.15, 0.2) is 46.4 Å². The summed E-state index contributed by atoms with van der Waals surface area (Å²) in [6.45, 7) is 2.17.